The minimum absolute atomic E-state index is 0.0653. The third kappa shape index (κ3) is 4.66. The summed E-state index contributed by atoms with van der Waals surface area (Å²) in [5.74, 6) is -1.19. The molecule has 0 bridgehead atoms. The maximum Gasteiger partial charge on any atom is 0.309 e. The molecule has 0 radical (unpaired) electrons. The largest absolute Gasteiger partial charge is 0.503 e. The first kappa shape index (κ1) is 23.1. The molecule has 1 atom stereocenters. The van der Waals surface area contributed by atoms with E-state index < -0.39 is 17.7 Å². The van der Waals surface area contributed by atoms with Crippen LogP contribution in [0.4, 0.5) is 5.69 Å². The number of carbonyl (C=O) groups excluding carboxylic acids is 3. The predicted octanol–water partition coefficient (Wildman–Crippen LogP) is 3.93. The number of amides is 1. The van der Waals surface area contributed by atoms with Crippen LogP contribution in [0.2, 0.25) is 0 Å². The van der Waals surface area contributed by atoms with Crippen LogP contribution in [0, 0.1) is 5.92 Å². The van der Waals surface area contributed by atoms with Gasteiger partial charge in [-0.15, -0.1) is 0 Å². The van der Waals surface area contributed by atoms with Gasteiger partial charge in [0.2, 0.25) is 0 Å². The molecule has 2 aromatic carbocycles. The molecule has 0 saturated heterocycles. The number of esters is 1. The maximum atomic E-state index is 13.1. The Kier molecular flexibility index (Phi) is 6.98. The fourth-order valence-electron chi connectivity index (χ4n) is 3.78. The molecule has 2 aromatic rings. The van der Waals surface area contributed by atoms with E-state index in [4.69, 9.17) is 9.47 Å². The van der Waals surface area contributed by atoms with Gasteiger partial charge in [0.15, 0.2) is 11.5 Å². The highest BCUT2D eigenvalue weighted by Gasteiger charge is 2.44. The number of ether oxygens (including phenoxy) is 2. The summed E-state index contributed by atoms with van der Waals surface area (Å²) in [6, 6.07) is 13.1. The number of nitrogens with zero attached hydrogens (tertiary/aromatic N) is 1. The SMILES string of the molecule is COC(=O)Cc1ccc(N2C(=O)C(O)=C(C(=O)CC(C)C)C2c2cccc(OC)c2)cc1. The number of aliphatic hydroxyl groups is 1. The maximum absolute atomic E-state index is 13.1. The van der Waals surface area contributed by atoms with E-state index in [9.17, 15) is 19.5 Å². The van der Waals surface area contributed by atoms with Crippen molar-refractivity contribution in [2.24, 2.45) is 5.92 Å². The fraction of sp³-hybridized carbons (Fsp3) is 0.320. The second-order valence-corrected chi connectivity index (χ2v) is 8.06. The van der Waals surface area contributed by atoms with Gasteiger partial charge in [-0.2, -0.15) is 0 Å². The molecule has 0 aromatic heterocycles. The van der Waals surface area contributed by atoms with E-state index in [0.29, 0.717) is 17.0 Å². The Morgan fingerprint density at radius 2 is 1.78 bits per heavy atom. The number of benzene rings is 2. The lowest BCUT2D eigenvalue weighted by Gasteiger charge is -2.27. The van der Waals surface area contributed by atoms with Crippen LogP contribution in [0.25, 0.3) is 0 Å². The second-order valence-electron chi connectivity index (χ2n) is 8.06. The zero-order valence-electron chi connectivity index (χ0n) is 18.6. The van der Waals surface area contributed by atoms with E-state index in [1.807, 2.05) is 13.8 Å². The van der Waals surface area contributed by atoms with Crippen LogP contribution in [0.5, 0.6) is 5.75 Å². The van der Waals surface area contributed by atoms with Crippen LogP contribution < -0.4 is 9.64 Å². The van der Waals surface area contributed by atoms with E-state index >= 15 is 0 Å². The third-order valence-electron chi connectivity index (χ3n) is 5.30. The van der Waals surface area contributed by atoms with E-state index in [0.717, 1.165) is 5.56 Å². The van der Waals surface area contributed by atoms with Gasteiger partial charge in [0, 0.05) is 12.1 Å². The summed E-state index contributed by atoms with van der Waals surface area (Å²) < 4.78 is 10.0. The molecule has 0 spiro atoms. The molecule has 7 heteroatoms. The van der Waals surface area contributed by atoms with Crippen molar-refractivity contribution in [3.63, 3.8) is 0 Å². The summed E-state index contributed by atoms with van der Waals surface area (Å²) in [6.45, 7) is 3.81. The van der Waals surface area contributed by atoms with Crippen molar-refractivity contribution in [2.45, 2.75) is 32.7 Å². The highest BCUT2D eigenvalue weighted by atomic mass is 16.5. The lowest BCUT2D eigenvalue weighted by Crippen LogP contribution is -2.31. The van der Waals surface area contributed by atoms with E-state index in [-0.39, 0.29) is 36.1 Å². The Labute approximate surface area is 187 Å². The van der Waals surface area contributed by atoms with Gasteiger partial charge in [0.25, 0.3) is 5.91 Å². The zero-order chi connectivity index (χ0) is 23.4. The Morgan fingerprint density at radius 1 is 1.09 bits per heavy atom. The van der Waals surface area contributed by atoms with Gasteiger partial charge >= 0.3 is 5.97 Å². The van der Waals surface area contributed by atoms with Crippen molar-refractivity contribution in [1.82, 2.24) is 0 Å². The minimum atomic E-state index is -0.796. The number of rotatable bonds is 8. The number of anilines is 1. The Bertz CT molecular complexity index is 1050. The summed E-state index contributed by atoms with van der Waals surface area (Å²) in [4.78, 5) is 39.1. The molecule has 1 N–H and O–H groups in total. The molecule has 3 rings (SSSR count). The van der Waals surface area contributed by atoms with Crippen LogP contribution in [0.1, 0.15) is 37.4 Å². The van der Waals surface area contributed by atoms with Crippen LogP contribution in [0.3, 0.4) is 0 Å². The van der Waals surface area contributed by atoms with Gasteiger partial charge < -0.3 is 14.6 Å². The number of hydrogen-bond acceptors (Lipinski definition) is 6. The Morgan fingerprint density at radius 3 is 2.38 bits per heavy atom. The molecule has 1 aliphatic heterocycles. The van der Waals surface area contributed by atoms with Gasteiger partial charge in [-0.1, -0.05) is 38.1 Å². The van der Waals surface area contributed by atoms with Gasteiger partial charge in [-0.3, -0.25) is 19.3 Å². The van der Waals surface area contributed by atoms with Crippen molar-refractivity contribution in [2.75, 3.05) is 19.1 Å². The van der Waals surface area contributed by atoms with Crippen molar-refractivity contribution in [3.8, 4) is 5.75 Å². The number of methoxy groups -OCH3 is 2. The van der Waals surface area contributed by atoms with Gasteiger partial charge in [-0.05, 0) is 41.3 Å². The zero-order valence-corrected chi connectivity index (χ0v) is 18.6. The van der Waals surface area contributed by atoms with Gasteiger partial charge in [-0.25, -0.2) is 0 Å². The van der Waals surface area contributed by atoms with Crippen LogP contribution in [-0.4, -0.2) is 37.0 Å². The molecule has 1 aliphatic rings. The fourth-order valence-corrected chi connectivity index (χ4v) is 3.78. The molecular weight excluding hydrogens is 410 g/mol. The number of hydrogen-bond donors (Lipinski definition) is 1. The Balaban J connectivity index is 2.07. The lowest BCUT2D eigenvalue weighted by atomic mass is 9.92. The van der Waals surface area contributed by atoms with Crippen molar-refractivity contribution in [3.05, 3.63) is 71.0 Å². The minimum Gasteiger partial charge on any atom is -0.503 e. The average Bonchev–Trinajstić information content (AvgIpc) is 3.04. The lowest BCUT2D eigenvalue weighted by molar-refractivity contribution is -0.139. The second kappa shape index (κ2) is 9.68. The smallest absolute Gasteiger partial charge is 0.309 e. The number of aliphatic hydroxyl groups excluding tert-OH is 1. The van der Waals surface area contributed by atoms with E-state index in [2.05, 4.69) is 0 Å². The highest BCUT2D eigenvalue weighted by Crippen LogP contribution is 2.42. The first-order valence-corrected chi connectivity index (χ1v) is 10.4. The van der Waals surface area contributed by atoms with Crippen molar-refractivity contribution in [1.29, 1.82) is 0 Å². The molecule has 0 fully saturated rings. The van der Waals surface area contributed by atoms with Gasteiger partial charge in [0.05, 0.1) is 32.3 Å². The third-order valence-corrected chi connectivity index (χ3v) is 5.30. The van der Waals surface area contributed by atoms with Crippen molar-refractivity contribution < 1.29 is 29.0 Å². The Hall–Kier alpha value is -3.61. The number of carbonyl (C=O) groups is 3. The van der Waals surface area contributed by atoms with E-state index in [1.165, 1.54) is 19.1 Å². The molecule has 32 heavy (non-hydrogen) atoms. The highest BCUT2D eigenvalue weighted by molar-refractivity contribution is 6.16. The standard InChI is InChI=1S/C25H27NO6/c1-15(2)12-20(27)22-23(17-6-5-7-19(14-17)31-3)26(25(30)24(22)29)18-10-8-16(9-11-18)13-21(28)32-4/h5-11,14-15,23,29H,12-13H2,1-4H3. The monoisotopic (exact) mass is 437 g/mol. The number of ketones is 1. The molecular formula is C25H27NO6. The van der Waals surface area contributed by atoms with Crippen LogP contribution in [0.15, 0.2) is 59.9 Å². The molecule has 1 heterocycles. The molecule has 0 saturated carbocycles. The van der Waals surface area contributed by atoms with E-state index in [1.54, 1.807) is 48.5 Å². The summed E-state index contributed by atoms with van der Waals surface area (Å²) in [5, 5.41) is 10.7. The summed E-state index contributed by atoms with van der Waals surface area (Å²) >= 11 is 0. The van der Waals surface area contributed by atoms with Crippen molar-refractivity contribution >= 4 is 23.3 Å². The van der Waals surface area contributed by atoms with Gasteiger partial charge in [0.1, 0.15) is 5.75 Å². The van der Waals surface area contributed by atoms with Crippen LogP contribution >= 0.6 is 0 Å². The average molecular weight is 437 g/mol. The first-order chi connectivity index (χ1) is 15.3. The molecule has 0 aliphatic carbocycles. The van der Waals surface area contributed by atoms with Crippen LogP contribution in [-0.2, 0) is 25.5 Å². The quantitative estimate of drug-likeness (QED) is 0.629. The molecule has 1 amide bonds. The summed E-state index contributed by atoms with van der Waals surface area (Å²) in [5.41, 5.74) is 1.94. The summed E-state index contributed by atoms with van der Waals surface area (Å²) in [6.07, 6.45) is 0.310. The molecule has 168 valence electrons. The molecule has 7 nitrogen and oxygen atoms in total. The predicted molar refractivity (Wildman–Crippen MR) is 119 cm³/mol. The molecule has 1 unspecified atom stereocenters. The number of Topliss-reactive ketones (excluding diaryl/α,β-unsaturated/α-hetero) is 1. The first-order valence-electron chi connectivity index (χ1n) is 10.4. The normalized spacial score (nSPS) is 16.0. The topological polar surface area (TPSA) is 93.1 Å². The summed E-state index contributed by atoms with van der Waals surface area (Å²) in [7, 11) is 2.86.